The molecule has 0 saturated carbocycles. The second-order valence-corrected chi connectivity index (χ2v) is 6.62. The Kier molecular flexibility index (Phi) is 4.69. The number of hydrogen-bond donors (Lipinski definition) is 2. The molecule has 0 saturated heterocycles. The second-order valence-electron chi connectivity index (χ2n) is 5.23. The molecule has 2 N–H and O–H groups in total. The van der Waals surface area contributed by atoms with Gasteiger partial charge in [-0.05, 0) is 25.1 Å². The third kappa shape index (κ3) is 3.62. The molecule has 0 bridgehead atoms. The quantitative estimate of drug-likeness (QED) is 0.833. The molecule has 0 unspecified atom stereocenters. The van der Waals surface area contributed by atoms with Gasteiger partial charge in [0.15, 0.2) is 0 Å². The van der Waals surface area contributed by atoms with E-state index in [4.69, 9.17) is 21.2 Å². The summed E-state index contributed by atoms with van der Waals surface area (Å²) >= 11 is 7.23. The van der Waals surface area contributed by atoms with Gasteiger partial charge in [-0.15, -0.1) is 0 Å². The van der Waals surface area contributed by atoms with Gasteiger partial charge >= 0.3 is 5.97 Å². The van der Waals surface area contributed by atoms with Crippen LogP contribution in [0.5, 0.6) is 0 Å². The number of carboxylic acid groups (broad SMARTS) is 1. The lowest BCUT2D eigenvalue weighted by Gasteiger charge is -2.20. The number of carbonyl (C=O) groups is 2. The normalized spacial score (nSPS) is 14.1. The van der Waals surface area contributed by atoms with Gasteiger partial charge in [0.1, 0.15) is 4.91 Å². The van der Waals surface area contributed by atoms with Gasteiger partial charge in [0.25, 0.3) is 5.91 Å². The van der Waals surface area contributed by atoms with E-state index in [-0.39, 0.29) is 4.91 Å². The third-order valence-electron chi connectivity index (χ3n) is 3.45. The molecule has 130 valence electrons. The zero-order valence-electron chi connectivity index (χ0n) is 13.2. The number of hydrazine groups is 1. The Morgan fingerprint density at radius 1 is 1.36 bits per heavy atom. The zero-order chi connectivity index (χ0) is 18.1. The number of aryl methyl sites for hydroxylation is 1. The van der Waals surface area contributed by atoms with Gasteiger partial charge < -0.3 is 9.63 Å². The molecular formula is C15H13ClN4O4S. The molecule has 0 spiro atoms. The molecular weight excluding hydrogens is 368 g/mol. The number of benzene rings is 1. The highest BCUT2D eigenvalue weighted by atomic mass is 35.5. The van der Waals surface area contributed by atoms with Crippen LogP contribution in [0.3, 0.4) is 0 Å². The Balaban J connectivity index is 1.84. The van der Waals surface area contributed by atoms with E-state index in [9.17, 15) is 9.59 Å². The fourth-order valence-corrected chi connectivity index (χ4v) is 3.43. The van der Waals surface area contributed by atoms with Crippen LogP contribution in [0.25, 0.3) is 11.4 Å². The molecule has 1 aromatic carbocycles. The summed E-state index contributed by atoms with van der Waals surface area (Å²) in [6.07, 6.45) is 0. The maximum atomic E-state index is 12.5. The van der Waals surface area contributed by atoms with Gasteiger partial charge in [-0.25, -0.2) is 4.79 Å². The Hall–Kier alpha value is -2.52. The minimum absolute atomic E-state index is 0.203. The molecule has 0 atom stereocenters. The van der Waals surface area contributed by atoms with Crippen molar-refractivity contribution in [1.29, 1.82) is 0 Å². The first-order valence-electron chi connectivity index (χ1n) is 7.12. The van der Waals surface area contributed by atoms with Crippen LogP contribution < -0.4 is 5.43 Å². The van der Waals surface area contributed by atoms with E-state index in [1.54, 1.807) is 26.0 Å². The van der Waals surface area contributed by atoms with Crippen molar-refractivity contribution < 1.29 is 19.2 Å². The number of carbonyl (C=O) groups excluding carboxylic acids is 1. The molecule has 1 amide bonds. The number of nitrogens with zero attached hydrogens (tertiary/aromatic N) is 3. The van der Waals surface area contributed by atoms with Gasteiger partial charge in [-0.3, -0.25) is 15.2 Å². The monoisotopic (exact) mass is 380 g/mol. The van der Waals surface area contributed by atoms with Gasteiger partial charge in [-0.2, -0.15) is 4.98 Å². The topological polar surface area (TPSA) is 109 Å². The van der Waals surface area contributed by atoms with Crippen LogP contribution in [-0.2, 0) is 4.79 Å². The lowest BCUT2D eigenvalue weighted by molar-refractivity contribution is -0.131. The maximum absolute atomic E-state index is 12.5. The van der Waals surface area contributed by atoms with E-state index in [0.717, 1.165) is 11.8 Å². The van der Waals surface area contributed by atoms with E-state index < -0.39 is 11.9 Å². The standard InChI is InChI=1S/C15H13ClN4O4S/c1-7-12(15(22)23)25-6-20(7)18-14(21)10-3-9(4-11(16)5-10)13-17-8(2)24-19-13/h3-5H,6H2,1-2H3,(H,18,21)(H,22,23). The maximum Gasteiger partial charge on any atom is 0.344 e. The molecule has 25 heavy (non-hydrogen) atoms. The summed E-state index contributed by atoms with van der Waals surface area (Å²) in [5, 5.41) is 14.7. The van der Waals surface area contributed by atoms with E-state index in [1.807, 2.05) is 0 Å². The molecule has 1 aromatic heterocycles. The average molecular weight is 381 g/mol. The fourth-order valence-electron chi connectivity index (χ4n) is 2.24. The van der Waals surface area contributed by atoms with E-state index in [0.29, 0.717) is 39.4 Å². The Morgan fingerprint density at radius 3 is 2.72 bits per heavy atom. The highest BCUT2D eigenvalue weighted by molar-refractivity contribution is 8.04. The molecule has 1 aliphatic heterocycles. The first-order valence-corrected chi connectivity index (χ1v) is 8.48. The largest absolute Gasteiger partial charge is 0.477 e. The molecule has 2 aromatic rings. The fraction of sp³-hybridized carbons (Fsp3) is 0.200. The first-order chi connectivity index (χ1) is 11.8. The van der Waals surface area contributed by atoms with Gasteiger partial charge in [0, 0.05) is 23.1 Å². The number of thioether (sulfide) groups is 1. The predicted molar refractivity (Wildman–Crippen MR) is 91.6 cm³/mol. The summed E-state index contributed by atoms with van der Waals surface area (Å²) in [7, 11) is 0. The van der Waals surface area contributed by atoms with Crippen molar-refractivity contribution in [3.05, 3.63) is 45.3 Å². The lowest BCUT2D eigenvalue weighted by atomic mass is 10.1. The van der Waals surface area contributed by atoms with Crippen LogP contribution in [0.15, 0.2) is 33.3 Å². The van der Waals surface area contributed by atoms with Crippen LogP contribution in [0.1, 0.15) is 23.2 Å². The number of aromatic nitrogens is 2. The summed E-state index contributed by atoms with van der Waals surface area (Å²) in [5.41, 5.74) is 3.99. The van der Waals surface area contributed by atoms with Crippen LogP contribution in [0, 0.1) is 6.92 Å². The van der Waals surface area contributed by atoms with Gasteiger partial charge in [0.05, 0.1) is 11.6 Å². The highest BCUT2D eigenvalue weighted by Crippen LogP contribution is 2.30. The summed E-state index contributed by atoms with van der Waals surface area (Å²) in [6.45, 7) is 3.30. The average Bonchev–Trinajstić information content (AvgIpc) is 3.13. The summed E-state index contributed by atoms with van der Waals surface area (Å²) in [5.74, 6) is -0.393. The number of halogens is 1. The van der Waals surface area contributed by atoms with E-state index in [2.05, 4.69) is 15.6 Å². The molecule has 0 aliphatic carbocycles. The van der Waals surface area contributed by atoms with Crippen molar-refractivity contribution in [2.45, 2.75) is 13.8 Å². The molecule has 3 rings (SSSR count). The predicted octanol–water partition coefficient (Wildman–Crippen LogP) is 2.67. The number of amides is 1. The Labute approximate surface area is 151 Å². The van der Waals surface area contributed by atoms with Crippen molar-refractivity contribution in [2.24, 2.45) is 0 Å². The van der Waals surface area contributed by atoms with Crippen molar-refractivity contribution in [3.8, 4) is 11.4 Å². The molecule has 0 fully saturated rings. The number of rotatable bonds is 4. The molecule has 10 heteroatoms. The van der Waals surface area contributed by atoms with Crippen molar-refractivity contribution >= 4 is 35.2 Å². The van der Waals surface area contributed by atoms with E-state index >= 15 is 0 Å². The van der Waals surface area contributed by atoms with Crippen LogP contribution in [0.4, 0.5) is 0 Å². The SMILES string of the molecule is CC1=C(C(=O)O)SCN1NC(=O)c1cc(Cl)cc(-c2noc(C)n2)c1. The smallest absolute Gasteiger partial charge is 0.344 e. The van der Waals surface area contributed by atoms with Crippen LogP contribution >= 0.6 is 23.4 Å². The number of aliphatic carboxylic acids is 1. The van der Waals surface area contributed by atoms with Crippen molar-refractivity contribution in [1.82, 2.24) is 20.6 Å². The second kappa shape index (κ2) is 6.77. The molecule has 1 aliphatic rings. The zero-order valence-corrected chi connectivity index (χ0v) is 14.8. The lowest BCUT2D eigenvalue weighted by Crippen LogP contribution is -2.39. The number of nitrogens with one attached hydrogen (secondary N) is 1. The van der Waals surface area contributed by atoms with Crippen molar-refractivity contribution in [3.63, 3.8) is 0 Å². The molecule has 2 heterocycles. The summed E-state index contributed by atoms with van der Waals surface area (Å²) in [4.78, 5) is 27.9. The number of allylic oxidation sites excluding steroid dienone is 1. The van der Waals surface area contributed by atoms with Gasteiger partial charge in [-0.1, -0.05) is 28.5 Å². The summed E-state index contributed by atoms with van der Waals surface area (Å²) in [6, 6.07) is 4.72. The minimum atomic E-state index is -1.02. The van der Waals surface area contributed by atoms with Gasteiger partial charge in [0.2, 0.25) is 11.7 Å². The third-order valence-corrected chi connectivity index (χ3v) is 4.81. The molecule has 0 radical (unpaired) electrons. The number of carboxylic acids is 1. The minimum Gasteiger partial charge on any atom is -0.477 e. The number of hydrogen-bond acceptors (Lipinski definition) is 7. The first kappa shape index (κ1) is 17.3. The van der Waals surface area contributed by atoms with E-state index in [1.165, 1.54) is 11.1 Å². The van der Waals surface area contributed by atoms with Crippen LogP contribution in [0.2, 0.25) is 5.02 Å². The van der Waals surface area contributed by atoms with Crippen LogP contribution in [-0.4, -0.2) is 38.0 Å². The summed E-state index contributed by atoms with van der Waals surface area (Å²) < 4.78 is 4.94. The Bertz CT molecular complexity index is 895. The molecule has 8 nitrogen and oxygen atoms in total. The van der Waals surface area contributed by atoms with Crippen molar-refractivity contribution in [2.75, 3.05) is 5.88 Å². The highest BCUT2D eigenvalue weighted by Gasteiger charge is 2.26. The Morgan fingerprint density at radius 2 is 2.12 bits per heavy atom.